The average molecular weight is 522 g/mol. The van der Waals surface area contributed by atoms with E-state index in [0.717, 1.165) is 26.7 Å². The molecule has 200 valence electrons. The Morgan fingerprint density at radius 3 is 2.42 bits per heavy atom. The summed E-state index contributed by atoms with van der Waals surface area (Å²) in [5.41, 5.74) is 1.46. The summed E-state index contributed by atoms with van der Waals surface area (Å²) in [6.45, 7) is 3.48. The Labute approximate surface area is 220 Å². The maximum Gasteiger partial charge on any atom is 0.411 e. The van der Waals surface area contributed by atoms with Crippen molar-refractivity contribution in [1.29, 1.82) is 0 Å². The summed E-state index contributed by atoms with van der Waals surface area (Å²) < 4.78 is 10.6. The molecule has 0 radical (unpaired) electrons. The first kappa shape index (κ1) is 25.4. The lowest BCUT2D eigenvalue weighted by molar-refractivity contribution is -0.159. The Balaban J connectivity index is 1.61. The highest BCUT2D eigenvalue weighted by molar-refractivity contribution is 6.20. The molecule has 11 nitrogen and oxygen atoms in total. The van der Waals surface area contributed by atoms with Gasteiger partial charge in [0.05, 0.1) is 25.4 Å². The normalized spacial score (nSPS) is 20.3. The van der Waals surface area contributed by atoms with Gasteiger partial charge in [-0.15, -0.1) is 0 Å². The number of urea groups is 1. The molecule has 2 saturated heterocycles. The van der Waals surface area contributed by atoms with Gasteiger partial charge >= 0.3 is 12.1 Å². The molecule has 0 saturated carbocycles. The van der Waals surface area contributed by atoms with Crippen molar-refractivity contribution in [3.05, 3.63) is 48.0 Å². The molecule has 1 atom stereocenters. The second kappa shape index (κ2) is 9.55. The second-order valence-electron chi connectivity index (χ2n) is 9.68. The van der Waals surface area contributed by atoms with E-state index in [2.05, 4.69) is 15.1 Å². The van der Waals surface area contributed by atoms with Crippen molar-refractivity contribution in [3.8, 4) is 5.75 Å². The van der Waals surface area contributed by atoms with Gasteiger partial charge in [-0.3, -0.25) is 24.7 Å². The number of methoxy groups -OCH3 is 1. The predicted molar refractivity (Wildman–Crippen MR) is 141 cm³/mol. The zero-order valence-electron chi connectivity index (χ0n) is 21.9. The molecule has 5 rings (SSSR count). The molecule has 2 fully saturated rings. The van der Waals surface area contributed by atoms with E-state index >= 15 is 0 Å². The van der Waals surface area contributed by atoms with Crippen molar-refractivity contribution in [2.24, 2.45) is 5.41 Å². The molecule has 38 heavy (non-hydrogen) atoms. The number of piperazine rings is 1. The molecule has 0 aromatic heterocycles. The van der Waals surface area contributed by atoms with E-state index in [0.29, 0.717) is 31.1 Å². The first-order valence-electron chi connectivity index (χ1n) is 12.5. The van der Waals surface area contributed by atoms with Gasteiger partial charge in [-0.25, -0.2) is 9.59 Å². The quantitative estimate of drug-likeness (QED) is 0.611. The number of benzene rings is 2. The van der Waals surface area contributed by atoms with Crippen LogP contribution in [0.4, 0.5) is 26.7 Å². The van der Waals surface area contributed by atoms with Crippen molar-refractivity contribution in [1.82, 2.24) is 9.80 Å². The van der Waals surface area contributed by atoms with Crippen LogP contribution in [-0.2, 0) is 20.7 Å². The fraction of sp³-hybridized carbons (Fsp3) is 0.407. The van der Waals surface area contributed by atoms with Crippen LogP contribution >= 0.6 is 0 Å². The van der Waals surface area contributed by atoms with Gasteiger partial charge in [0.25, 0.3) is 0 Å². The number of para-hydroxylation sites is 2. The molecular weight excluding hydrogens is 490 g/mol. The predicted octanol–water partition coefficient (Wildman–Crippen LogP) is 2.55. The van der Waals surface area contributed by atoms with Gasteiger partial charge in [0.15, 0.2) is 5.41 Å². The highest BCUT2D eigenvalue weighted by Gasteiger charge is 2.64. The molecular formula is C27H31N5O6. The minimum Gasteiger partial charge on any atom is -0.495 e. The monoisotopic (exact) mass is 521 g/mol. The van der Waals surface area contributed by atoms with E-state index in [1.807, 2.05) is 30.3 Å². The molecule has 2 aromatic rings. The highest BCUT2D eigenvalue weighted by Crippen LogP contribution is 2.48. The van der Waals surface area contributed by atoms with Gasteiger partial charge in [-0.1, -0.05) is 12.1 Å². The van der Waals surface area contributed by atoms with Crippen molar-refractivity contribution in [2.45, 2.75) is 19.4 Å². The number of nitrogens with one attached hydrogen (secondary N) is 1. The standard InChI is InChI=1S/C27H31N5O6/c1-5-38-25(35)28-18-10-11-19-17(14-18)15-27(23(33)29(2)26(36)30(3)24(27)34)22-16-31(12-13-32(19)22)20-8-6-7-9-21(20)37-4/h6-11,14,22H,5,12-13,15-16H2,1-4H3,(H,28,35). The lowest BCUT2D eigenvalue weighted by Crippen LogP contribution is -2.74. The third-order valence-corrected chi connectivity index (χ3v) is 7.70. The number of hydrogen-bond donors (Lipinski definition) is 1. The Morgan fingerprint density at radius 1 is 1.03 bits per heavy atom. The molecule has 1 spiro atoms. The van der Waals surface area contributed by atoms with E-state index in [9.17, 15) is 19.2 Å². The summed E-state index contributed by atoms with van der Waals surface area (Å²) in [4.78, 5) is 58.9. The van der Waals surface area contributed by atoms with Crippen molar-refractivity contribution in [2.75, 3.05) is 62.6 Å². The largest absolute Gasteiger partial charge is 0.495 e. The number of carbonyl (C=O) groups excluding carboxylic acids is 4. The van der Waals surface area contributed by atoms with Crippen molar-refractivity contribution < 1.29 is 28.7 Å². The number of anilines is 3. The molecule has 3 aliphatic heterocycles. The summed E-state index contributed by atoms with van der Waals surface area (Å²) in [6.07, 6.45) is -0.502. The Morgan fingerprint density at radius 2 is 1.74 bits per heavy atom. The topological polar surface area (TPSA) is 112 Å². The van der Waals surface area contributed by atoms with Crippen LogP contribution in [0, 0.1) is 5.41 Å². The van der Waals surface area contributed by atoms with Crippen LogP contribution in [0.5, 0.6) is 5.75 Å². The van der Waals surface area contributed by atoms with Crippen LogP contribution in [0.25, 0.3) is 0 Å². The maximum absolute atomic E-state index is 13.9. The van der Waals surface area contributed by atoms with Crippen molar-refractivity contribution >= 4 is 41.0 Å². The molecule has 5 amide bonds. The zero-order chi connectivity index (χ0) is 27.2. The van der Waals surface area contributed by atoms with Gasteiger partial charge in [-0.2, -0.15) is 0 Å². The van der Waals surface area contributed by atoms with Crippen LogP contribution < -0.4 is 19.9 Å². The number of imide groups is 2. The smallest absolute Gasteiger partial charge is 0.411 e. The minimum atomic E-state index is -1.53. The molecule has 0 bridgehead atoms. The lowest BCUT2D eigenvalue weighted by atomic mass is 9.67. The molecule has 3 heterocycles. The van der Waals surface area contributed by atoms with Crippen molar-refractivity contribution in [3.63, 3.8) is 0 Å². The van der Waals surface area contributed by atoms with Gasteiger partial charge in [0.1, 0.15) is 5.75 Å². The fourth-order valence-corrected chi connectivity index (χ4v) is 5.92. The van der Waals surface area contributed by atoms with E-state index in [4.69, 9.17) is 9.47 Å². The molecule has 11 heteroatoms. The van der Waals surface area contributed by atoms with E-state index in [-0.39, 0.29) is 13.0 Å². The number of barbiturate groups is 1. The number of carbonyl (C=O) groups is 4. The summed E-state index contributed by atoms with van der Waals surface area (Å²) in [7, 11) is 4.43. The Bertz CT molecular complexity index is 1290. The number of nitrogens with zero attached hydrogens (tertiary/aromatic N) is 4. The average Bonchev–Trinajstić information content (AvgIpc) is 2.93. The van der Waals surface area contributed by atoms with Gasteiger partial charge in [0.2, 0.25) is 11.8 Å². The van der Waals surface area contributed by atoms with Gasteiger partial charge < -0.3 is 19.3 Å². The molecule has 1 unspecified atom stereocenters. The number of rotatable bonds is 4. The molecule has 0 aliphatic carbocycles. The zero-order valence-corrected chi connectivity index (χ0v) is 21.9. The summed E-state index contributed by atoms with van der Waals surface area (Å²) in [5.74, 6) is -0.361. The third kappa shape index (κ3) is 3.80. The molecule has 2 aromatic carbocycles. The first-order valence-corrected chi connectivity index (χ1v) is 12.5. The van der Waals surface area contributed by atoms with Crippen LogP contribution in [0.15, 0.2) is 42.5 Å². The first-order chi connectivity index (χ1) is 18.2. The molecule has 1 N–H and O–H groups in total. The number of hydrogen-bond acceptors (Lipinski definition) is 8. The summed E-state index contributed by atoms with van der Waals surface area (Å²) in [6, 6.07) is 11.9. The summed E-state index contributed by atoms with van der Waals surface area (Å²) in [5, 5.41) is 2.70. The van der Waals surface area contributed by atoms with Crippen LogP contribution in [0.2, 0.25) is 0 Å². The number of amides is 5. The Kier molecular flexibility index (Phi) is 6.38. The highest BCUT2D eigenvalue weighted by atomic mass is 16.5. The lowest BCUT2D eigenvalue weighted by Gasteiger charge is -2.56. The van der Waals surface area contributed by atoms with E-state index < -0.39 is 35.4 Å². The van der Waals surface area contributed by atoms with Crippen LogP contribution in [-0.4, -0.2) is 87.2 Å². The second-order valence-corrected chi connectivity index (χ2v) is 9.68. The molecule has 3 aliphatic rings. The summed E-state index contributed by atoms with van der Waals surface area (Å²) >= 11 is 0. The maximum atomic E-state index is 13.9. The number of fused-ring (bicyclic) bond motifs is 4. The van der Waals surface area contributed by atoms with Gasteiger partial charge in [-0.05, 0) is 49.2 Å². The van der Waals surface area contributed by atoms with E-state index in [1.54, 1.807) is 26.2 Å². The minimum absolute atomic E-state index is 0.0846. The van der Waals surface area contributed by atoms with Crippen LogP contribution in [0.1, 0.15) is 12.5 Å². The van der Waals surface area contributed by atoms with E-state index in [1.165, 1.54) is 14.1 Å². The fourth-order valence-electron chi connectivity index (χ4n) is 5.92. The van der Waals surface area contributed by atoms with Gasteiger partial charge in [0, 0.05) is 45.1 Å². The number of ether oxygens (including phenoxy) is 2. The SMILES string of the molecule is CCOC(=O)Nc1ccc2c(c1)CC1(C(=O)N(C)C(=O)N(C)C1=O)C1CN(c3ccccc3OC)CCN21. The Hall–Kier alpha value is -4.28. The van der Waals surface area contributed by atoms with Crippen LogP contribution in [0.3, 0.4) is 0 Å². The third-order valence-electron chi connectivity index (χ3n) is 7.70.